The fourth-order valence-corrected chi connectivity index (χ4v) is 6.61. The summed E-state index contributed by atoms with van der Waals surface area (Å²) in [5, 5.41) is 40.1. The summed E-state index contributed by atoms with van der Waals surface area (Å²) in [5.74, 6) is -0.877. The molecule has 39 heavy (non-hydrogen) atoms. The van der Waals surface area contributed by atoms with Crippen LogP contribution in [0.25, 0.3) is 0 Å². The van der Waals surface area contributed by atoms with E-state index in [2.05, 4.69) is 27.7 Å². The van der Waals surface area contributed by atoms with Crippen molar-refractivity contribution < 1.29 is 34.0 Å². The van der Waals surface area contributed by atoms with Crippen LogP contribution in [0.15, 0.2) is 29.3 Å². The molecule has 3 fully saturated rings. The van der Waals surface area contributed by atoms with Crippen LogP contribution >= 0.6 is 23.4 Å². The van der Waals surface area contributed by atoms with Crippen LogP contribution in [-0.2, 0) is 20.8 Å². The van der Waals surface area contributed by atoms with Crippen molar-refractivity contribution in [3.8, 4) is 0 Å². The van der Waals surface area contributed by atoms with E-state index in [4.69, 9.17) is 21.1 Å². The van der Waals surface area contributed by atoms with Gasteiger partial charge < -0.3 is 35.4 Å². The van der Waals surface area contributed by atoms with Gasteiger partial charge in [0.15, 0.2) is 0 Å². The van der Waals surface area contributed by atoms with Gasteiger partial charge in [-0.2, -0.15) is 0 Å². The summed E-state index contributed by atoms with van der Waals surface area (Å²) in [6.07, 6.45) is -2.82. The van der Waals surface area contributed by atoms with Gasteiger partial charge in [0.1, 0.15) is 41.8 Å². The van der Waals surface area contributed by atoms with Crippen LogP contribution in [0.1, 0.15) is 25.3 Å². The molecule has 3 aliphatic rings. The van der Waals surface area contributed by atoms with Crippen LogP contribution in [0.5, 0.6) is 0 Å². The van der Waals surface area contributed by atoms with Crippen LogP contribution in [0.2, 0.25) is 0 Å². The van der Waals surface area contributed by atoms with Gasteiger partial charge in [0.05, 0.1) is 11.4 Å². The molecule has 0 saturated carbocycles. The maximum atomic E-state index is 13.8. The van der Waals surface area contributed by atoms with Crippen molar-refractivity contribution in [1.82, 2.24) is 16.0 Å². The van der Waals surface area contributed by atoms with Gasteiger partial charge in [-0.1, -0.05) is 12.1 Å². The first-order valence-corrected chi connectivity index (χ1v) is 14.8. The van der Waals surface area contributed by atoms with E-state index in [-0.39, 0.29) is 17.8 Å². The molecule has 4 rings (SSSR count). The number of hydrogen-bond donors (Lipinski definition) is 6. The molecular formula is C26H38ClFN4O6S. The summed E-state index contributed by atoms with van der Waals surface area (Å²) in [6.45, 7) is 6.68. The average molecular weight is 589 g/mol. The highest BCUT2D eigenvalue weighted by Gasteiger charge is 2.57. The lowest BCUT2D eigenvalue weighted by Gasteiger charge is -2.44. The lowest BCUT2D eigenvalue weighted by atomic mass is 9.89. The molecule has 1 amide bonds. The lowest BCUT2D eigenvalue weighted by Crippen LogP contribution is -2.67. The van der Waals surface area contributed by atoms with Crippen LogP contribution in [0.3, 0.4) is 0 Å². The number of aliphatic imine (C=N–C) groups is 1. The number of halogens is 2. The van der Waals surface area contributed by atoms with Crippen molar-refractivity contribution in [2.75, 3.05) is 19.4 Å². The van der Waals surface area contributed by atoms with E-state index in [1.165, 1.54) is 23.9 Å². The van der Waals surface area contributed by atoms with E-state index in [9.17, 15) is 24.5 Å². The number of aliphatic hydroxyl groups is 3. The molecule has 6 N–H and O–H groups in total. The Morgan fingerprint density at radius 2 is 2.13 bits per heavy atom. The van der Waals surface area contributed by atoms with Crippen molar-refractivity contribution in [3.63, 3.8) is 0 Å². The Kier molecular flexibility index (Phi) is 10.3. The number of amides is 1. The maximum absolute atomic E-state index is 13.8. The predicted octanol–water partition coefficient (Wildman–Crippen LogP) is 0.362. The topological polar surface area (TPSA) is 145 Å². The summed E-state index contributed by atoms with van der Waals surface area (Å²) in [4.78, 5) is 18.0. The minimum absolute atomic E-state index is 0.0602. The molecule has 0 aromatic heterocycles. The molecule has 0 aliphatic carbocycles. The van der Waals surface area contributed by atoms with E-state index < -0.39 is 58.9 Å². The van der Waals surface area contributed by atoms with Crippen LogP contribution in [0, 0.1) is 11.7 Å². The first-order chi connectivity index (χ1) is 18.6. The monoisotopic (exact) mass is 588 g/mol. The third-order valence-electron chi connectivity index (χ3n) is 7.89. The second-order valence-corrected chi connectivity index (χ2v) is 12.1. The highest BCUT2D eigenvalue weighted by molar-refractivity contribution is 7.99. The number of carbonyl (C=O) groups is 1. The van der Waals surface area contributed by atoms with Gasteiger partial charge in [-0.15, -0.1) is 23.4 Å². The van der Waals surface area contributed by atoms with E-state index >= 15 is 0 Å². The minimum atomic E-state index is -1.50. The molecule has 1 aromatic rings. The van der Waals surface area contributed by atoms with Crippen molar-refractivity contribution in [2.24, 2.45) is 10.9 Å². The Morgan fingerprint density at radius 1 is 1.36 bits per heavy atom. The van der Waals surface area contributed by atoms with Gasteiger partial charge >= 0.3 is 0 Å². The Bertz CT molecular complexity index is 1010. The number of hydrogen-bond acceptors (Lipinski definition) is 10. The first kappa shape index (κ1) is 30.6. The van der Waals surface area contributed by atoms with Gasteiger partial charge in [0, 0.05) is 31.7 Å². The number of fused-ring (bicyclic) bond motifs is 1. The number of thioether (sulfide) groups is 1. The van der Waals surface area contributed by atoms with Crippen LogP contribution in [-0.4, -0.2) is 106 Å². The molecule has 1 aromatic carbocycles. The Labute approximate surface area is 237 Å². The summed E-state index contributed by atoms with van der Waals surface area (Å²) < 4.78 is 25.6. The number of benzene rings is 1. The zero-order valence-electron chi connectivity index (χ0n) is 22.0. The van der Waals surface area contributed by atoms with Gasteiger partial charge in [-0.25, -0.2) is 4.39 Å². The van der Waals surface area contributed by atoms with E-state index in [1.807, 2.05) is 6.07 Å². The van der Waals surface area contributed by atoms with Gasteiger partial charge in [0.25, 0.3) is 5.91 Å². The number of alkyl halides is 1. The highest BCUT2D eigenvalue weighted by Crippen LogP contribution is 2.36. The molecule has 0 spiro atoms. The molecular weight excluding hydrogens is 551 g/mol. The Morgan fingerprint density at radius 3 is 2.79 bits per heavy atom. The molecule has 3 saturated heterocycles. The normalized spacial score (nSPS) is 38.3. The van der Waals surface area contributed by atoms with Crippen molar-refractivity contribution in [1.29, 1.82) is 0 Å². The fraction of sp³-hybridized carbons (Fsp3) is 0.692. The fourth-order valence-electron chi connectivity index (χ4n) is 5.73. The zero-order valence-corrected chi connectivity index (χ0v) is 23.6. The molecule has 0 radical (unpaired) electrons. The molecule has 0 bridgehead atoms. The largest absolute Gasteiger partial charge is 0.388 e. The number of nitrogens with one attached hydrogen (secondary N) is 3. The second kappa shape index (κ2) is 13.1. The molecule has 10 nitrogen and oxygen atoms in total. The van der Waals surface area contributed by atoms with Crippen LogP contribution in [0.4, 0.5) is 4.39 Å². The van der Waals surface area contributed by atoms with Gasteiger partial charge in [-0.3, -0.25) is 15.1 Å². The van der Waals surface area contributed by atoms with E-state index in [1.54, 1.807) is 19.2 Å². The van der Waals surface area contributed by atoms with Crippen molar-refractivity contribution in [3.05, 3.63) is 35.6 Å². The zero-order chi connectivity index (χ0) is 28.3. The highest BCUT2D eigenvalue weighted by atomic mass is 35.5. The van der Waals surface area contributed by atoms with E-state index in [0.717, 1.165) is 5.56 Å². The summed E-state index contributed by atoms with van der Waals surface area (Å²) in [6, 6.07) is 5.62. The molecule has 11 atom stereocenters. The molecule has 3 heterocycles. The third-order valence-corrected chi connectivity index (χ3v) is 9.02. The molecule has 4 unspecified atom stereocenters. The van der Waals surface area contributed by atoms with Gasteiger partial charge in [0.2, 0.25) is 5.66 Å². The predicted molar refractivity (Wildman–Crippen MR) is 147 cm³/mol. The average Bonchev–Trinajstić information content (AvgIpc) is 3.13. The number of carbonyl (C=O) groups excluding carboxylic acids is 1. The number of ether oxygens (including phenoxy) is 2. The van der Waals surface area contributed by atoms with Gasteiger partial charge in [-0.05, 0) is 50.4 Å². The Hall–Kier alpha value is -1.35. The smallest absolute Gasteiger partial charge is 0.265 e. The SMILES string of the molecule is C=N[C@]1(C(=O)N[C@H]([C@H](C)Cl)[C@H]2OC(SC)[C@H](O)C(O)C2O)NC[C@@H]2CC(NCc3cccc(F)c3)CCO[C@H]21. The minimum Gasteiger partial charge on any atom is -0.388 e. The lowest BCUT2D eigenvalue weighted by molar-refractivity contribution is -0.205. The molecule has 3 aliphatic heterocycles. The molecule has 13 heteroatoms. The number of nitrogens with zero attached hydrogens (tertiary/aromatic N) is 1. The number of aliphatic hydroxyl groups excluding tert-OH is 3. The first-order valence-electron chi connectivity index (χ1n) is 13.1. The summed E-state index contributed by atoms with van der Waals surface area (Å²) >= 11 is 7.62. The Balaban J connectivity index is 1.45. The van der Waals surface area contributed by atoms with E-state index in [0.29, 0.717) is 32.5 Å². The summed E-state index contributed by atoms with van der Waals surface area (Å²) in [7, 11) is 0. The second-order valence-electron chi connectivity index (χ2n) is 10.4. The van der Waals surface area contributed by atoms with Crippen molar-refractivity contribution >= 4 is 36.0 Å². The standard InChI is InChI=1S/C26H38ClFN4O6S/c1-13(27)18(22-20(34)19(33)21(35)24(38-22)39-3)32-25(36)26(29-2)23-15(12-31-26)10-17(7-8-37-23)30-11-14-5-4-6-16(28)9-14/h4-6,9,13,15,17-24,30-31,33-35H,2,7-8,10-12H2,1,3H3,(H,32,36)/t13-,15-,17?,18+,19?,20?,21+,22+,23+,24?,26-/m0/s1. The third kappa shape index (κ3) is 6.44. The number of rotatable bonds is 9. The maximum Gasteiger partial charge on any atom is 0.265 e. The quantitative estimate of drug-likeness (QED) is 0.178. The van der Waals surface area contributed by atoms with Crippen molar-refractivity contribution in [2.45, 2.75) is 85.4 Å². The van der Waals surface area contributed by atoms with Crippen LogP contribution < -0.4 is 16.0 Å². The molecule has 218 valence electrons. The summed E-state index contributed by atoms with van der Waals surface area (Å²) in [5.41, 5.74) is -1.47.